The third-order valence-electron chi connectivity index (χ3n) is 4.99. The van der Waals surface area contributed by atoms with E-state index in [1.807, 2.05) is 0 Å². The lowest BCUT2D eigenvalue weighted by molar-refractivity contribution is -0.142. The molecule has 0 saturated carbocycles. The predicted octanol–water partition coefficient (Wildman–Crippen LogP) is 3.76. The quantitative estimate of drug-likeness (QED) is 0.700. The SMILES string of the molecule is CC[C@@H](C(=O)N[C@H](C)Cn1ccc(C(F)(F)F)n1)n1nc(C(F)(F)F)c2c1CCC2. The lowest BCUT2D eigenvalue weighted by Crippen LogP contribution is -2.41. The summed E-state index contributed by atoms with van der Waals surface area (Å²) in [4.78, 5) is 12.7. The molecule has 1 aliphatic carbocycles. The van der Waals surface area contributed by atoms with E-state index in [1.54, 1.807) is 13.8 Å². The van der Waals surface area contributed by atoms with Crippen LogP contribution >= 0.6 is 0 Å². The van der Waals surface area contributed by atoms with Gasteiger partial charge in [0.1, 0.15) is 6.04 Å². The van der Waals surface area contributed by atoms with Crippen LogP contribution in [-0.4, -0.2) is 31.5 Å². The Morgan fingerprint density at radius 1 is 1.17 bits per heavy atom. The van der Waals surface area contributed by atoms with Crippen LogP contribution in [0.3, 0.4) is 0 Å². The highest BCUT2D eigenvalue weighted by Crippen LogP contribution is 2.37. The zero-order valence-corrected chi connectivity index (χ0v) is 16.3. The summed E-state index contributed by atoms with van der Waals surface area (Å²) in [7, 11) is 0. The van der Waals surface area contributed by atoms with E-state index in [0.29, 0.717) is 18.5 Å². The molecular formula is C18H21F6N5O. The summed E-state index contributed by atoms with van der Waals surface area (Å²) in [5, 5.41) is 9.77. The van der Waals surface area contributed by atoms with Crippen molar-refractivity contribution in [3.63, 3.8) is 0 Å². The van der Waals surface area contributed by atoms with Crippen LogP contribution in [0.1, 0.15) is 55.4 Å². The highest BCUT2D eigenvalue weighted by Gasteiger charge is 2.41. The van der Waals surface area contributed by atoms with Gasteiger partial charge in [-0.05, 0) is 38.7 Å². The molecule has 6 nitrogen and oxygen atoms in total. The van der Waals surface area contributed by atoms with Crippen molar-refractivity contribution in [2.75, 3.05) is 0 Å². The molecule has 1 aliphatic rings. The average molecular weight is 437 g/mol. The van der Waals surface area contributed by atoms with E-state index in [1.165, 1.54) is 0 Å². The van der Waals surface area contributed by atoms with E-state index >= 15 is 0 Å². The van der Waals surface area contributed by atoms with Gasteiger partial charge in [-0.3, -0.25) is 14.2 Å². The maximum absolute atomic E-state index is 13.3. The van der Waals surface area contributed by atoms with Crippen LogP contribution in [0, 0.1) is 0 Å². The maximum atomic E-state index is 13.3. The fourth-order valence-corrected chi connectivity index (χ4v) is 3.70. The molecule has 2 atom stereocenters. The fraction of sp³-hybridized carbons (Fsp3) is 0.611. The lowest BCUT2D eigenvalue weighted by Gasteiger charge is -2.21. The largest absolute Gasteiger partial charge is 0.435 e. The summed E-state index contributed by atoms with van der Waals surface area (Å²) >= 11 is 0. The molecule has 166 valence electrons. The minimum Gasteiger partial charge on any atom is -0.350 e. The molecule has 0 aromatic carbocycles. The summed E-state index contributed by atoms with van der Waals surface area (Å²) in [5.74, 6) is -0.542. The molecule has 0 saturated heterocycles. The zero-order chi connectivity index (χ0) is 22.3. The summed E-state index contributed by atoms with van der Waals surface area (Å²) in [5.41, 5.74) is -1.44. The van der Waals surface area contributed by atoms with Gasteiger partial charge in [0.2, 0.25) is 5.91 Å². The molecule has 0 radical (unpaired) electrons. The first-order valence-electron chi connectivity index (χ1n) is 9.50. The Hall–Kier alpha value is -2.53. The number of carbonyl (C=O) groups is 1. The third kappa shape index (κ3) is 4.46. The molecule has 0 spiro atoms. The van der Waals surface area contributed by atoms with Crippen molar-refractivity contribution in [2.24, 2.45) is 0 Å². The molecule has 0 bridgehead atoms. The average Bonchev–Trinajstić information content (AvgIpc) is 3.30. The molecule has 0 unspecified atom stereocenters. The molecule has 2 heterocycles. The molecule has 12 heteroatoms. The minimum atomic E-state index is -4.60. The number of hydrogen-bond acceptors (Lipinski definition) is 3. The van der Waals surface area contributed by atoms with Crippen molar-refractivity contribution in [3.8, 4) is 0 Å². The third-order valence-corrected chi connectivity index (χ3v) is 4.99. The Morgan fingerprint density at radius 3 is 2.43 bits per heavy atom. The number of nitrogens with zero attached hydrogens (tertiary/aromatic N) is 4. The summed E-state index contributed by atoms with van der Waals surface area (Å²) in [6.07, 6.45) is -6.57. The number of alkyl halides is 6. The van der Waals surface area contributed by atoms with E-state index in [0.717, 1.165) is 21.6 Å². The van der Waals surface area contributed by atoms with Crippen molar-refractivity contribution in [1.82, 2.24) is 24.9 Å². The molecule has 30 heavy (non-hydrogen) atoms. The number of halogens is 6. The number of carbonyl (C=O) groups excluding carboxylic acids is 1. The fourth-order valence-electron chi connectivity index (χ4n) is 3.70. The van der Waals surface area contributed by atoms with Gasteiger partial charge in [0.15, 0.2) is 11.4 Å². The smallest absolute Gasteiger partial charge is 0.350 e. The molecule has 0 aliphatic heterocycles. The first kappa shape index (κ1) is 22.2. The molecule has 1 N–H and O–H groups in total. The number of nitrogens with one attached hydrogen (secondary N) is 1. The Labute approximate surface area is 168 Å². The van der Waals surface area contributed by atoms with Gasteiger partial charge >= 0.3 is 12.4 Å². The van der Waals surface area contributed by atoms with E-state index in [-0.39, 0.29) is 24.9 Å². The van der Waals surface area contributed by atoms with E-state index in [4.69, 9.17) is 0 Å². The molecule has 2 aromatic rings. The number of amides is 1. The first-order valence-corrected chi connectivity index (χ1v) is 9.50. The van der Waals surface area contributed by atoms with Gasteiger partial charge in [-0.2, -0.15) is 36.5 Å². The normalized spacial score (nSPS) is 16.4. The van der Waals surface area contributed by atoms with E-state index in [9.17, 15) is 31.1 Å². The van der Waals surface area contributed by atoms with Gasteiger partial charge in [0.05, 0.1) is 6.54 Å². The van der Waals surface area contributed by atoms with Crippen LogP contribution in [0.15, 0.2) is 12.3 Å². The molecule has 2 aromatic heterocycles. The van der Waals surface area contributed by atoms with Gasteiger partial charge in [-0.25, -0.2) is 0 Å². The van der Waals surface area contributed by atoms with Crippen LogP contribution in [0.25, 0.3) is 0 Å². The molecule has 3 rings (SSSR count). The Morgan fingerprint density at radius 2 is 1.87 bits per heavy atom. The van der Waals surface area contributed by atoms with Crippen LogP contribution in [0.5, 0.6) is 0 Å². The minimum absolute atomic E-state index is 0.0245. The highest BCUT2D eigenvalue weighted by atomic mass is 19.4. The first-order chi connectivity index (χ1) is 13.9. The van der Waals surface area contributed by atoms with Crippen LogP contribution in [0.2, 0.25) is 0 Å². The van der Waals surface area contributed by atoms with E-state index in [2.05, 4.69) is 15.5 Å². The van der Waals surface area contributed by atoms with Crippen molar-refractivity contribution in [3.05, 3.63) is 34.9 Å². The molecule has 1 amide bonds. The van der Waals surface area contributed by atoms with Gasteiger partial charge in [-0.1, -0.05) is 6.92 Å². The van der Waals surface area contributed by atoms with Gasteiger partial charge < -0.3 is 5.32 Å². The second-order valence-electron chi connectivity index (χ2n) is 7.32. The topological polar surface area (TPSA) is 64.7 Å². The summed E-state index contributed by atoms with van der Waals surface area (Å²) < 4.78 is 80.0. The lowest BCUT2D eigenvalue weighted by atomic mass is 10.1. The van der Waals surface area contributed by atoms with Crippen molar-refractivity contribution < 1.29 is 31.1 Å². The predicted molar refractivity (Wildman–Crippen MR) is 93.4 cm³/mol. The second kappa shape index (κ2) is 7.95. The molecule has 0 fully saturated rings. The highest BCUT2D eigenvalue weighted by molar-refractivity contribution is 5.80. The maximum Gasteiger partial charge on any atom is 0.435 e. The van der Waals surface area contributed by atoms with Gasteiger partial charge in [-0.15, -0.1) is 0 Å². The summed E-state index contributed by atoms with van der Waals surface area (Å²) in [6.45, 7) is 3.21. The number of rotatable bonds is 6. The Kier molecular flexibility index (Phi) is 5.87. The van der Waals surface area contributed by atoms with Crippen LogP contribution < -0.4 is 5.32 Å². The van der Waals surface area contributed by atoms with Crippen molar-refractivity contribution in [1.29, 1.82) is 0 Å². The monoisotopic (exact) mass is 437 g/mol. The van der Waals surface area contributed by atoms with Crippen molar-refractivity contribution >= 4 is 5.91 Å². The number of aromatic nitrogens is 4. The summed E-state index contributed by atoms with van der Waals surface area (Å²) in [6, 6.07) is -0.716. The van der Waals surface area contributed by atoms with Gasteiger partial charge in [0.25, 0.3) is 0 Å². The van der Waals surface area contributed by atoms with E-state index < -0.39 is 41.7 Å². The van der Waals surface area contributed by atoms with Crippen LogP contribution in [-0.2, 0) is 36.5 Å². The number of fused-ring (bicyclic) bond motifs is 1. The molecular weight excluding hydrogens is 416 g/mol. The standard InChI is InChI=1S/C18H21F6N5O/c1-3-12(29-13-6-4-5-11(13)15(27-29)18(22,23)24)16(30)25-10(2)9-28-8-7-14(26-28)17(19,20)21/h7-8,10,12H,3-6,9H2,1-2H3,(H,25,30)/t10-,12+/m1/s1. The zero-order valence-electron chi connectivity index (χ0n) is 16.3. The van der Waals surface area contributed by atoms with Crippen LogP contribution in [0.4, 0.5) is 26.3 Å². The van der Waals surface area contributed by atoms with Gasteiger partial charge in [0, 0.05) is 23.5 Å². The second-order valence-corrected chi connectivity index (χ2v) is 7.32. The van der Waals surface area contributed by atoms with Crippen molar-refractivity contribution in [2.45, 2.75) is 70.5 Å². The Bertz CT molecular complexity index is 913. The number of hydrogen-bond donors (Lipinski definition) is 1. The Balaban J connectivity index is 1.73.